The standard InChI is InChI=1S/C20H28N4O4/c21-18(25)17(14-6-2-1-3-7-14)22-19(26)15-8-4-5-9-16(15)23-10-12-24(13-11-23)20(27)28/h1-3,6-7,15-17H,4-5,8-13H2,(H2,21,25)(H,22,26)(H,27,28)/t15-,16-,17+/m1/s1. The molecule has 1 saturated heterocycles. The number of nitrogens with one attached hydrogen (secondary N) is 1. The van der Waals surface area contributed by atoms with Crippen molar-refractivity contribution >= 4 is 17.9 Å². The first-order valence-electron chi connectivity index (χ1n) is 9.84. The Morgan fingerprint density at radius 2 is 1.68 bits per heavy atom. The van der Waals surface area contributed by atoms with Crippen molar-refractivity contribution in [2.75, 3.05) is 26.2 Å². The SMILES string of the molecule is NC(=O)[C@@H](NC(=O)[C@@H]1CCCC[C@H]1N1CCN(C(=O)O)CC1)c1ccccc1. The lowest BCUT2D eigenvalue weighted by Gasteiger charge is -2.43. The number of rotatable bonds is 5. The highest BCUT2D eigenvalue weighted by molar-refractivity contribution is 5.88. The molecule has 1 aliphatic heterocycles. The zero-order valence-corrected chi connectivity index (χ0v) is 15.9. The third kappa shape index (κ3) is 4.62. The van der Waals surface area contributed by atoms with E-state index in [4.69, 9.17) is 10.8 Å². The first-order valence-corrected chi connectivity index (χ1v) is 9.84. The molecular formula is C20H28N4O4. The van der Waals surface area contributed by atoms with E-state index >= 15 is 0 Å². The van der Waals surface area contributed by atoms with Crippen LogP contribution < -0.4 is 11.1 Å². The van der Waals surface area contributed by atoms with Gasteiger partial charge in [-0.1, -0.05) is 43.2 Å². The molecule has 1 aromatic carbocycles. The molecule has 2 fully saturated rings. The van der Waals surface area contributed by atoms with Crippen LogP contribution in [0.3, 0.4) is 0 Å². The Bertz CT molecular complexity index is 703. The van der Waals surface area contributed by atoms with Crippen LogP contribution in [0.5, 0.6) is 0 Å². The second-order valence-electron chi connectivity index (χ2n) is 7.52. The average Bonchev–Trinajstić information content (AvgIpc) is 2.72. The molecule has 0 unspecified atom stereocenters. The number of benzene rings is 1. The molecule has 1 aromatic rings. The summed E-state index contributed by atoms with van der Waals surface area (Å²) in [6.45, 7) is 2.15. The number of nitrogens with zero attached hydrogens (tertiary/aromatic N) is 2. The van der Waals surface area contributed by atoms with E-state index in [0.29, 0.717) is 31.7 Å². The van der Waals surface area contributed by atoms with Crippen molar-refractivity contribution in [1.82, 2.24) is 15.1 Å². The largest absolute Gasteiger partial charge is 0.465 e. The van der Waals surface area contributed by atoms with Crippen LogP contribution in [0.25, 0.3) is 0 Å². The molecule has 3 rings (SSSR count). The number of hydrogen-bond donors (Lipinski definition) is 3. The predicted molar refractivity (Wildman–Crippen MR) is 103 cm³/mol. The second-order valence-corrected chi connectivity index (χ2v) is 7.52. The van der Waals surface area contributed by atoms with Crippen LogP contribution >= 0.6 is 0 Å². The summed E-state index contributed by atoms with van der Waals surface area (Å²) in [5.74, 6) is -0.962. The van der Waals surface area contributed by atoms with Gasteiger partial charge in [0, 0.05) is 32.2 Å². The molecule has 4 N–H and O–H groups in total. The van der Waals surface area contributed by atoms with E-state index in [1.54, 1.807) is 12.1 Å². The van der Waals surface area contributed by atoms with Crippen LogP contribution in [0.2, 0.25) is 0 Å². The van der Waals surface area contributed by atoms with E-state index in [9.17, 15) is 14.4 Å². The van der Waals surface area contributed by atoms with E-state index < -0.39 is 18.0 Å². The van der Waals surface area contributed by atoms with E-state index in [-0.39, 0.29) is 17.9 Å². The third-order valence-corrected chi connectivity index (χ3v) is 5.82. The van der Waals surface area contributed by atoms with Gasteiger partial charge in [0.2, 0.25) is 11.8 Å². The highest BCUT2D eigenvalue weighted by Crippen LogP contribution is 2.30. The number of carbonyl (C=O) groups is 3. The van der Waals surface area contributed by atoms with Crippen LogP contribution in [0, 0.1) is 5.92 Å². The first kappa shape index (κ1) is 20.1. The number of nitrogens with two attached hydrogens (primary N) is 1. The molecule has 1 heterocycles. The molecule has 0 bridgehead atoms. The Hall–Kier alpha value is -2.61. The summed E-state index contributed by atoms with van der Waals surface area (Å²) in [5.41, 5.74) is 6.21. The van der Waals surface area contributed by atoms with Crippen LogP contribution in [-0.4, -0.2) is 65.0 Å². The Morgan fingerprint density at radius 3 is 2.29 bits per heavy atom. The van der Waals surface area contributed by atoms with Gasteiger partial charge in [0.1, 0.15) is 6.04 Å². The van der Waals surface area contributed by atoms with Gasteiger partial charge in [0.25, 0.3) is 0 Å². The van der Waals surface area contributed by atoms with Gasteiger partial charge in [-0.25, -0.2) is 4.79 Å². The minimum Gasteiger partial charge on any atom is -0.465 e. The monoisotopic (exact) mass is 388 g/mol. The lowest BCUT2D eigenvalue weighted by atomic mass is 9.82. The molecule has 3 amide bonds. The molecule has 8 heteroatoms. The van der Waals surface area contributed by atoms with Crippen molar-refractivity contribution < 1.29 is 19.5 Å². The van der Waals surface area contributed by atoms with Gasteiger partial charge in [-0.2, -0.15) is 0 Å². The zero-order valence-electron chi connectivity index (χ0n) is 15.9. The van der Waals surface area contributed by atoms with Gasteiger partial charge in [-0.3, -0.25) is 14.5 Å². The van der Waals surface area contributed by atoms with E-state index in [1.165, 1.54) is 4.90 Å². The van der Waals surface area contributed by atoms with E-state index in [0.717, 1.165) is 25.7 Å². The number of piperazine rings is 1. The zero-order chi connectivity index (χ0) is 20.1. The fourth-order valence-corrected chi connectivity index (χ4v) is 4.31. The molecule has 152 valence electrons. The fourth-order valence-electron chi connectivity index (χ4n) is 4.31. The number of primary amides is 1. The number of amides is 3. The van der Waals surface area contributed by atoms with E-state index in [2.05, 4.69) is 10.2 Å². The first-order chi connectivity index (χ1) is 13.5. The van der Waals surface area contributed by atoms with Gasteiger partial charge >= 0.3 is 6.09 Å². The summed E-state index contributed by atoms with van der Waals surface area (Å²) in [7, 11) is 0. The summed E-state index contributed by atoms with van der Waals surface area (Å²) in [5, 5.41) is 12.0. The Labute approximate surface area is 164 Å². The van der Waals surface area contributed by atoms with Crippen molar-refractivity contribution in [3.63, 3.8) is 0 Å². The smallest absolute Gasteiger partial charge is 0.407 e. The van der Waals surface area contributed by atoms with Gasteiger partial charge < -0.3 is 21.1 Å². The van der Waals surface area contributed by atoms with Crippen molar-refractivity contribution in [2.45, 2.75) is 37.8 Å². The molecule has 1 saturated carbocycles. The van der Waals surface area contributed by atoms with Gasteiger partial charge in [0.15, 0.2) is 0 Å². The summed E-state index contributed by atoms with van der Waals surface area (Å²) in [4.78, 5) is 39.8. The molecule has 3 atom stereocenters. The van der Waals surface area contributed by atoms with Crippen LogP contribution in [-0.2, 0) is 9.59 Å². The van der Waals surface area contributed by atoms with Crippen molar-refractivity contribution in [3.05, 3.63) is 35.9 Å². The topological polar surface area (TPSA) is 116 Å². The maximum atomic E-state index is 13.1. The molecule has 2 aliphatic rings. The second kappa shape index (κ2) is 9.05. The molecule has 1 aliphatic carbocycles. The average molecular weight is 388 g/mol. The molecule has 28 heavy (non-hydrogen) atoms. The maximum absolute atomic E-state index is 13.1. The van der Waals surface area contributed by atoms with E-state index in [1.807, 2.05) is 18.2 Å². The summed E-state index contributed by atoms with van der Waals surface area (Å²) < 4.78 is 0. The highest BCUT2D eigenvalue weighted by Gasteiger charge is 2.37. The summed E-state index contributed by atoms with van der Waals surface area (Å²) in [6.07, 6.45) is 2.78. The van der Waals surface area contributed by atoms with Crippen molar-refractivity contribution in [1.29, 1.82) is 0 Å². The number of hydrogen-bond acceptors (Lipinski definition) is 4. The Balaban J connectivity index is 1.68. The normalized spacial score (nSPS) is 24.4. The lowest BCUT2D eigenvalue weighted by Crippen LogP contribution is -2.56. The van der Waals surface area contributed by atoms with Crippen LogP contribution in [0.4, 0.5) is 4.79 Å². The lowest BCUT2D eigenvalue weighted by molar-refractivity contribution is -0.133. The quantitative estimate of drug-likeness (QED) is 0.701. The number of carbonyl (C=O) groups excluding carboxylic acids is 2. The van der Waals surface area contributed by atoms with Gasteiger partial charge in [-0.05, 0) is 18.4 Å². The Kier molecular flexibility index (Phi) is 6.51. The Morgan fingerprint density at radius 1 is 1.04 bits per heavy atom. The molecule has 0 radical (unpaired) electrons. The maximum Gasteiger partial charge on any atom is 0.407 e. The number of carboxylic acid groups (broad SMARTS) is 1. The fraction of sp³-hybridized carbons (Fsp3) is 0.550. The summed E-state index contributed by atoms with van der Waals surface area (Å²) >= 11 is 0. The minimum atomic E-state index is -0.898. The molecule has 0 aromatic heterocycles. The molecule has 8 nitrogen and oxygen atoms in total. The van der Waals surface area contributed by atoms with Crippen LogP contribution in [0.15, 0.2) is 30.3 Å². The minimum absolute atomic E-state index is 0.0639. The van der Waals surface area contributed by atoms with Crippen molar-refractivity contribution in [2.24, 2.45) is 11.7 Å². The highest BCUT2D eigenvalue weighted by atomic mass is 16.4. The van der Waals surface area contributed by atoms with Gasteiger partial charge in [0.05, 0.1) is 5.92 Å². The molecular weight excluding hydrogens is 360 g/mol. The third-order valence-electron chi connectivity index (χ3n) is 5.82. The summed E-state index contributed by atoms with van der Waals surface area (Å²) in [6, 6.07) is 8.23. The molecule has 0 spiro atoms. The van der Waals surface area contributed by atoms with Crippen LogP contribution in [0.1, 0.15) is 37.3 Å². The van der Waals surface area contributed by atoms with Gasteiger partial charge in [-0.15, -0.1) is 0 Å². The predicted octanol–water partition coefficient (Wildman–Crippen LogP) is 1.18. The van der Waals surface area contributed by atoms with Crippen molar-refractivity contribution in [3.8, 4) is 0 Å².